The van der Waals surface area contributed by atoms with Crippen LogP contribution in [0.4, 0.5) is 0 Å². The summed E-state index contributed by atoms with van der Waals surface area (Å²) in [5.41, 5.74) is 1.31. The van der Waals surface area contributed by atoms with Crippen molar-refractivity contribution >= 4 is 5.97 Å². The molecule has 0 aliphatic carbocycles. The molecule has 18 heavy (non-hydrogen) atoms. The smallest absolute Gasteiger partial charge is 0.307 e. The van der Waals surface area contributed by atoms with Crippen LogP contribution in [0.25, 0.3) is 0 Å². The number of hydrogen-bond donors (Lipinski definition) is 1. The van der Waals surface area contributed by atoms with Gasteiger partial charge in [-0.2, -0.15) is 0 Å². The van der Waals surface area contributed by atoms with E-state index in [2.05, 4.69) is 29.6 Å². The Kier molecular flexibility index (Phi) is 4.76. The summed E-state index contributed by atoms with van der Waals surface area (Å²) < 4.78 is 5.01. The predicted molar refractivity (Wildman–Crippen MR) is 71.2 cm³/mol. The summed E-state index contributed by atoms with van der Waals surface area (Å²) in [6.07, 6.45) is 3.85. The SMILES string of the molecule is CCOC(=O)C[C@H]1CCC[C@@H](c2ccccc2)N1. The van der Waals surface area contributed by atoms with Crippen LogP contribution in [0.15, 0.2) is 30.3 Å². The van der Waals surface area contributed by atoms with Gasteiger partial charge < -0.3 is 10.1 Å². The monoisotopic (exact) mass is 247 g/mol. The molecule has 3 nitrogen and oxygen atoms in total. The minimum Gasteiger partial charge on any atom is -0.466 e. The zero-order valence-electron chi connectivity index (χ0n) is 10.9. The van der Waals surface area contributed by atoms with Gasteiger partial charge in [-0.05, 0) is 31.7 Å². The second kappa shape index (κ2) is 6.55. The normalized spacial score (nSPS) is 23.6. The first-order valence-corrected chi connectivity index (χ1v) is 6.76. The maximum absolute atomic E-state index is 11.5. The molecule has 2 rings (SSSR count). The molecule has 1 saturated heterocycles. The van der Waals surface area contributed by atoms with E-state index in [4.69, 9.17) is 4.74 Å². The van der Waals surface area contributed by atoms with E-state index in [9.17, 15) is 4.79 Å². The Bertz CT molecular complexity index is 377. The lowest BCUT2D eigenvalue weighted by Crippen LogP contribution is -2.38. The molecular formula is C15H21NO2. The average molecular weight is 247 g/mol. The predicted octanol–water partition coefficient (Wildman–Crippen LogP) is 2.82. The quantitative estimate of drug-likeness (QED) is 0.831. The first-order chi connectivity index (χ1) is 8.79. The zero-order chi connectivity index (χ0) is 12.8. The molecular weight excluding hydrogens is 226 g/mol. The molecule has 0 saturated carbocycles. The fourth-order valence-electron chi connectivity index (χ4n) is 2.55. The fourth-order valence-corrected chi connectivity index (χ4v) is 2.55. The van der Waals surface area contributed by atoms with Crippen LogP contribution in [0, 0.1) is 0 Å². The Morgan fingerprint density at radius 3 is 2.83 bits per heavy atom. The van der Waals surface area contributed by atoms with Crippen molar-refractivity contribution in [3.05, 3.63) is 35.9 Å². The Labute approximate surface area is 109 Å². The van der Waals surface area contributed by atoms with Crippen molar-refractivity contribution in [1.29, 1.82) is 0 Å². The fraction of sp³-hybridized carbons (Fsp3) is 0.533. The number of hydrogen-bond acceptors (Lipinski definition) is 3. The highest BCUT2D eigenvalue weighted by molar-refractivity contribution is 5.70. The highest BCUT2D eigenvalue weighted by atomic mass is 16.5. The summed E-state index contributed by atoms with van der Waals surface area (Å²) in [6, 6.07) is 11.1. The van der Waals surface area contributed by atoms with Gasteiger partial charge in [-0.25, -0.2) is 0 Å². The van der Waals surface area contributed by atoms with E-state index in [1.54, 1.807) is 0 Å². The van der Waals surface area contributed by atoms with Gasteiger partial charge in [-0.1, -0.05) is 30.3 Å². The van der Waals surface area contributed by atoms with Gasteiger partial charge in [-0.15, -0.1) is 0 Å². The van der Waals surface area contributed by atoms with Crippen LogP contribution < -0.4 is 5.32 Å². The number of benzene rings is 1. The van der Waals surface area contributed by atoms with Gasteiger partial charge in [0.25, 0.3) is 0 Å². The summed E-state index contributed by atoms with van der Waals surface area (Å²) in [5.74, 6) is -0.0938. The van der Waals surface area contributed by atoms with Gasteiger partial charge in [0.15, 0.2) is 0 Å². The number of piperidine rings is 1. The molecule has 0 bridgehead atoms. The molecule has 1 heterocycles. The molecule has 0 spiro atoms. The van der Waals surface area contributed by atoms with Gasteiger partial charge in [0.2, 0.25) is 0 Å². The van der Waals surface area contributed by atoms with Crippen molar-refractivity contribution in [3.63, 3.8) is 0 Å². The van der Waals surface area contributed by atoms with Gasteiger partial charge in [0, 0.05) is 12.1 Å². The topological polar surface area (TPSA) is 38.3 Å². The van der Waals surface area contributed by atoms with Crippen LogP contribution in [0.3, 0.4) is 0 Å². The Balaban J connectivity index is 1.91. The molecule has 1 aromatic rings. The van der Waals surface area contributed by atoms with Crippen molar-refractivity contribution in [2.45, 2.75) is 44.7 Å². The van der Waals surface area contributed by atoms with Gasteiger partial charge in [0.05, 0.1) is 13.0 Å². The molecule has 98 valence electrons. The molecule has 1 aliphatic rings. The Morgan fingerprint density at radius 1 is 1.33 bits per heavy atom. The average Bonchev–Trinajstić information content (AvgIpc) is 2.40. The molecule has 0 aromatic heterocycles. The number of carbonyl (C=O) groups is 1. The third kappa shape index (κ3) is 3.57. The second-order valence-corrected chi connectivity index (χ2v) is 4.77. The van der Waals surface area contributed by atoms with E-state index in [-0.39, 0.29) is 12.0 Å². The second-order valence-electron chi connectivity index (χ2n) is 4.77. The summed E-state index contributed by atoms with van der Waals surface area (Å²) >= 11 is 0. The first-order valence-electron chi connectivity index (χ1n) is 6.76. The summed E-state index contributed by atoms with van der Waals surface area (Å²) in [7, 11) is 0. The molecule has 3 heteroatoms. The maximum Gasteiger partial charge on any atom is 0.307 e. The molecule has 0 amide bonds. The molecule has 2 atom stereocenters. The Morgan fingerprint density at radius 2 is 2.11 bits per heavy atom. The summed E-state index contributed by atoms with van der Waals surface area (Å²) in [5, 5.41) is 3.56. The standard InChI is InChI=1S/C15H21NO2/c1-2-18-15(17)11-13-9-6-10-14(16-13)12-7-4-3-5-8-12/h3-5,7-8,13-14,16H,2,6,9-11H2,1H3/t13-,14+/m1/s1. The van der Waals surface area contributed by atoms with Crippen molar-refractivity contribution in [1.82, 2.24) is 5.32 Å². The van der Waals surface area contributed by atoms with Crippen LogP contribution in [0.2, 0.25) is 0 Å². The maximum atomic E-state index is 11.5. The molecule has 0 unspecified atom stereocenters. The van der Waals surface area contributed by atoms with Crippen LogP contribution >= 0.6 is 0 Å². The first kappa shape index (κ1) is 13.1. The van der Waals surface area contributed by atoms with Crippen LogP contribution in [-0.4, -0.2) is 18.6 Å². The van der Waals surface area contributed by atoms with Crippen LogP contribution in [-0.2, 0) is 9.53 Å². The lowest BCUT2D eigenvalue weighted by atomic mass is 9.92. The van der Waals surface area contributed by atoms with Crippen molar-refractivity contribution in [2.24, 2.45) is 0 Å². The summed E-state index contributed by atoms with van der Waals surface area (Å²) in [6.45, 7) is 2.31. The van der Waals surface area contributed by atoms with Crippen LogP contribution in [0.5, 0.6) is 0 Å². The van der Waals surface area contributed by atoms with Gasteiger partial charge in [0.1, 0.15) is 0 Å². The van der Waals surface area contributed by atoms with Gasteiger partial charge >= 0.3 is 5.97 Å². The minimum atomic E-state index is -0.0938. The summed E-state index contributed by atoms with van der Waals surface area (Å²) in [4.78, 5) is 11.5. The molecule has 1 fully saturated rings. The lowest BCUT2D eigenvalue weighted by molar-refractivity contribution is -0.143. The minimum absolute atomic E-state index is 0.0938. The molecule has 0 radical (unpaired) electrons. The largest absolute Gasteiger partial charge is 0.466 e. The van der Waals surface area contributed by atoms with E-state index >= 15 is 0 Å². The third-order valence-corrected chi connectivity index (χ3v) is 3.40. The van der Waals surface area contributed by atoms with E-state index in [0.29, 0.717) is 19.1 Å². The van der Waals surface area contributed by atoms with Crippen molar-refractivity contribution in [3.8, 4) is 0 Å². The number of carbonyl (C=O) groups excluding carboxylic acids is 1. The zero-order valence-corrected chi connectivity index (χ0v) is 10.9. The number of ether oxygens (including phenoxy) is 1. The van der Waals surface area contributed by atoms with Gasteiger partial charge in [-0.3, -0.25) is 4.79 Å². The van der Waals surface area contributed by atoms with E-state index in [1.807, 2.05) is 13.0 Å². The third-order valence-electron chi connectivity index (χ3n) is 3.40. The highest BCUT2D eigenvalue weighted by Crippen LogP contribution is 2.26. The molecule has 1 N–H and O–H groups in total. The highest BCUT2D eigenvalue weighted by Gasteiger charge is 2.24. The van der Waals surface area contributed by atoms with E-state index in [0.717, 1.165) is 19.3 Å². The Hall–Kier alpha value is -1.35. The number of esters is 1. The van der Waals surface area contributed by atoms with Crippen molar-refractivity contribution < 1.29 is 9.53 Å². The van der Waals surface area contributed by atoms with Crippen molar-refractivity contribution in [2.75, 3.05) is 6.61 Å². The molecule has 1 aromatic carbocycles. The number of rotatable bonds is 4. The van der Waals surface area contributed by atoms with Crippen LogP contribution in [0.1, 0.15) is 44.2 Å². The van der Waals surface area contributed by atoms with E-state index < -0.39 is 0 Å². The van der Waals surface area contributed by atoms with E-state index in [1.165, 1.54) is 5.56 Å². The number of nitrogens with one attached hydrogen (secondary N) is 1. The molecule has 1 aliphatic heterocycles. The lowest BCUT2D eigenvalue weighted by Gasteiger charge is -2.30.